The standard InChI is InChI=1S/C10H14ClN3O/c1-10(2-3-15-6-10)14-9-8(12)4-7(11)5-13-9/h4-5H,2-3,6,12H2,1H3,(H,13,14). The van der Waals surface area contributed by atoms with Gasteiger partial charge in [0.05, 0.1) is 22.9 Å². The number of nitrogen functional groups attached to an aromatic ring is 1. The van der Waals surface area contributed by atoms with Gasteiger partial charge in [0.15, 0.2) is 0 Å². The summed E-state index contributed by atoms with van der Waals surface area (Å²) in [6.45, 7) is 3.55. The van der Waals surface area contributed by atoms with E-state index in [0.717, 1.165) is 13.0 Å². The number of rotatable bonds is 2. The summed E-state index contributed by atoms with van der Waals surface area (Å²) >= 11 is 5.77. The predicted molar refractivity (Wildman–Crippen MR) is 61.1 cm³/mol. The molecule has 82 valence electrons. The lowest BCUT2D eigenvalue weighted by Crippen LogP contribution is -2.35. The van der Waals surface area contributed by atoms with E-state index in [0.29, 0.717) is 23.1 Å². The van der Waals surface area contributed by atoms with Crippen LogP contribution in [0, 0.1) is 0 Å². The minimum Gasteiger partial charge on any atom is -0.396 e. The normalized spacial score (nSPS) is 25.5. The van der Waals surface area contributed by atoms with Crippen LogP contribution in [0.3, 0.4) is 0 Å². The third-order valence-corrected chi connectivity index (χ3v) is 2.73. The first-order valence-electron chi connectivity index (χ1n) is 4.86. The molecule has 0 amide bonds. The first-order valence-corrected chi connectivity index (χ1v) is 5.24. The van der Waals surface area contributed by atoms with E-state index in [1.165, 1.54) is 0 Å². The van der Waals surface area contributed by atoms with Crippen molar-refractivity contribution in [1.29, 1.82) is 0 Å². The highest BCUT2D eigenvalue weighted by atomic mass is 35.5. The Morgan fingerprint density at radius 3 is 3.07 bits per heavy atom. The molecule has 1 saturated heterocycles. The van der Waals surface area contributed by atoms with Crippen LogP contribution in [0.25, 0.3) is 0 Å². The van der Waals surface area contributed by atoms with E-state index < -0.39 is 0 Å². The lowest BCUT2D eigenvalue weighted by atomic mass is 10.0. The summed E-state index contributed by atoms with van der Waals surface area (Å²) in [6.07, 6.45) is 2.54. The third-order valence-electron chi connectivity index (χ3n) is 2.52. The van der Waals surface area contributed by atoms with Crippen LogP contribution in [0.15, 0.2) is 12.3 Å². The van der Waals surface area contributed by atoms with Gasteiger partial charge in [0, 0.05) is 12.8 Å². The Morgan fingerprint density at radius 1 is 1.67 bits per heavy atom. The second-order valence-electron chi connectivity index (χ2n) is 4.08. The zero-order valence-electron chi connectivity index (χ0n) is 8.59. The molecule has 0 spiro atoms. The summed E-state index contributed by atoms with van der Waals surface area (Å²) in [4.78, 5) is 4.16. The summed E-state index contributed by atoms with van der Waals surface area (Å²) in [5, 5.41) is 3.84. The second-order valence-corrected chi connectivity index (χ2v) is 4.52. The molecule has 3 N–H and O–H groups in total. The lowest BCUT2D eigenvalue weighted by molar-refractivity contribution is 0.185. The first-order chi connectivity index (χ1) is 7.09. The summed E-state index contributed by atoms with van der Waals surface area (Å²) < 4.78 is 5.34. The molecule has 1 atom stereocenters. The summed E-state index contributed by atoms with van der Waals surface area (Å²) in [6, 6.07) is 1.69. The van der Waals surface area contributed by atoms with E-state index in [1.54, 1.807) is 12.3 Å². The number of hydrogen-bond acceptors (Lipinski definition) is 4. The number of anilines is 2. The molecule has 1 aromatic rings. The average Bonchev–Trinajstić information content (AvgIpc) is 2.58. The van der Waals surface area contributed by atoms with Crippen LogP contribution < -0.4 is 11.1 Å². The van der Waals surface area contributed by atoms with E-state index in [2.05, 4.69) is 17.2 Å². The van der Waals surface area contributed by atoms with Crippen molar-refractivity contribution in [2.45, 2.75) is 18.9 Å². The van der Waals surface area contributed by atoms with Gasteiger partial charge in [0.2, 0.25) is 0 Å². The molecule has 0 saturated carbocycles. The fraction of sp³-hybridized carbons (Fsp3) is 0.500. The van der Waals surface area contributed by atoms with Crippen LogP contribution in [0.1, 0.15) is 13.3 Å². The van der Waals surface area contributed by atoms with Gasteiger partial charge in [-0.05, 0) is 19.4 Å². The van der Waals surface area contributed by atoms with Crippen LogP contribution in [0.4, 0.5) is 11.5 Å². The highest BCUT2D eigenvalue weighted by molar-refractivity contribution is 6.30. The van der Waals surface area contributed by atoms with Crippen LogP contribution in [-0.2, 0) is 4.74 Å². The average molecular weight is 228 g/mol. The Balaban J connectivity index is 2.16. The Hall–Kier alpha value is -1.00. The van der Waals surface area contributed by atoms with Crippen molar-refractivity contribution in [2.24, 2.45) is 0 Å². The third kappa shape index (κ3) is 2.33. The summed E-state index contributed by atoms with van der Waals surface area (Å²) in [7, 11) is 0. The number of halogens is 1. The van der Waals surface area contributed by atoms with Gasteiger partial charge in [-0.25, -0.2) is 4.98 Å². The predicted octanol–water partition coefficient (Wildman–Crippen LogP) is 1.91. The Morgan fingerprint density at radius 2 is 2.47 bits per heavy atom. The van der Waals surface area contributed by atoms with Crippen molar-refractivity contribution in [3.63, 3.8) is 0 Å². The van der Waals surface area contributed by atoms with Crippen molar-refractivity contribution in [2.75, 3.05) is 24.3 Å². The zero-order valence-corrected chi connectivity index (χ0v) is 9.34. The Kier molecular flexibility index (Phi) is 2.71. The topological polar surface area (TPSA) is 60.2 Å². The molecule has 1 aliphatic heterocycles. The Labute approximate surface area is 93.8 Å². The van der Waals surface area contributed by atoms with Gasteiger partial charge in [-0.15, -0.1) is 0 Å². The van der Waals surface area contributed by atoms with Gasteiger partial charge in [-0.3, -0.25) is 0 Å². The van der Waals surface area contributed by atoms with Gasteiger partial charge >= 0.3 is 0 Å². The number of aromatic nitrogens is 1. The van der Waals surface area contributed by atoms with Crippen molar-refractivity contribution in [3.05, 3.63) is 17.3 Å². The molecule has 1 unspecified atom stereocenters. The maximum absolute atomic E-state index is 5.81. The fourth-order valence-corrected chi connectivity index (χ4v) is 1.78. The van der Waals surface area contributed by atoms with Crippen molar-refractivity contribution < 1.29 is 4.74 Å². The zero-order chi connectivity index (χ0) is 10.9. The van der Waals surface area contributed by atoms with Crippen LogP contribution in [-0.4, -0.2) is 23.7 Å². The van der Waals surface area contributed by atoms with E-state index >= 15 is 0 Å². The van der Waals surface area contributed by atoms with Gasteiger partial charge in [0.1, 0.15) is 5.82 Å². The summed E-state index contributed by atoms with van der Waals surface area (Å²) in [5.74, 6) is 0.674. The lowest BCUT2D eigenvalue weighted by Gasteiger charge is -2.24. The molecule has 2 rings (SSSR count). The molecule has 0 radical (unpaired) electrons. The minimum absolute atomic E-state index is 0.0745. The first kappa shape index (κ1) is 10.5. The van der Waals surface area contributed by atoms with Crippen LogP contribution >= 0.6 is 11.6 Å². The molecule has 1 aromatic heterocycles. The van der Waals surface area contributed by atoms with E-state index in [-0.39, 0.29) is 5.54 Å². The SMILES string of the molecule is CC1(Nc2ncc(Cl)cc2N)CCOC1. The molecule has 4 nitrogen and oxygen atoms in total. The number of hydrogen-bond donors (Lipinski definition) is 2. The van der Waals surface area contributed by atoms with Gasteiger partial charge in [0.25, 0.3) is 0 Å². The highest BCUT2D eigenvalue weighted by Gasteiger charge is 2.30. The molecule has 0 aliphatic carbocycles. The molecular formula is C10H14ClN3O. The van der Waals surface area contributed by atoms with Crippen molar-refractivity contribution in [1.82, 2.24) is 4.98 Å². The molecule has 15 heavy (non-hydrogen) atoms. The highest BCUT2D eigenvalue weighted by Crippen LogP contribution is 2.27. The van der Waals surface area contributed by atoms with Crippen LogP contribution in [0.5, 0.6) is 0 Å². The van der Waals surface area contributed by atoms with Crippen molar-refractivity contribution >= 4 is 23.1 Å². The molecule has 1 fully saturated rings. The number of nitrogens with one attached hydrogen (secondary N) is 1. The largest absolute Gasteiger partial charge is 0.396 e. The minimum atomic E-state index is -0.0745. The van der Waals surface area contributed by atoms with Crippen molar-refractivity contribution in [3.8, 4) is 0 Å². The van der Waals surface area contributed by atoms with E-state index in [1.807, 2.05) is 0 Å². The summed E-state index contributed by atoms with van der Waals surface area (Å²) in [5.41, 5.74) is 6.30. The van der Waals surface area contributed by atoms with Crippen LogP contribution in [0.2, 0.25) is 5.02 Å². The van der Waals surface area contributed by atoms with E-state index in [4.69, 9.17) is 22.1 Å². The molecule has 2 heterocycles. The molecule has 0 aromatic carbocycles. The van der Waals surface area contributed by atoms with E-state index in [9.17, 15) is 0 Å². The molecule has 1 aliphatic rings. The van der Waals surface area contributed by atoms with Gasteiger partial charge in [-0.1, -0.05) is 11.6 Å². The smallest absolute Gasteiger partial charge is 0.149 e. The number of ether oxygens (including phenoxy) is 1. The molecular weight excluding hydrogens is 214 g/mol. The number of nitrogens with zero attached hydrogens (tertiary/aromatic N) is 1. The Bertz CT molecular complexity index is 364. The fourth-order valence-electron chi connectivity index (χ4n) is 1.61. The van der Waals surface area contributed by atoms with Gasteiger partial charge in [-0.2, -0.15) is 0 Å². The molecule has 0 bridgehead atoms. The number of pyridine rings is 1. The molecule has 5 heteroatoms. The maximum Gasteiger partial charge on any atom is 0.149 e. The second kappa shape index (κ2) is 3.87. The van der Waals surface area contributed by atoms with Gasteiger partial charge < -0.3 is 15.8 Å². The maximum atomic E-state index is 5.81. The number of nitrogens with two attached hydrogens (primary N) is 1. The monoisotopic (exact) mass is 227 g/mol. The quantitative estimate of drug-likeness (QED) is 0.810.